The summed E-state index contributed by atoms with van der Waals surface area (Å²) < 4.78 is 25.2. The Hall–Kier alpha value is -1.96. The van der Waals surface area contributed by atoms with Gasteiger partial charge < -0.3 is 4.90 Å². The SMILES string of the molecule is CCC[C@H]1C(=O)N(S(C)(=O)=O)[C@H]2CCN(C(=O)c3ccncc3)[C@H]12. The molecule has 0 aliphatic carbocycles. The van der Waals surface area contributed by atoms with E-state index in [1.807, 2.05) is 6.92 Å². The second-order valence-corrected chi connectivity index (χ2v) is 8.23. The lowest BCUT2D eigenvalue weighted by molar-refractivity contribution is -0.128. The van der Waals surface area contributed by atoms with Gasteiger partial charge in [0.05, 0.1) is 24.3 Å². The molecule has 1 aromatic rings. The number of sulfonamides is 1. The van der Waals surface area contributed by atoms with Crippen LogP contribution in [0.15, 0.2) is 24.5 Å². The number of carbonyl (C=O) groups is 2. The smallest absolute Gasteiger partial charge is 0.254 e. The van der Waals surface area contributed by atoms with Crippen LogP contribution in [0, 0.1) is 5.92 Å². The maximum atomic E-state index is 12.8. The predicted molar refractivity (Wildman–Crippen MR) is 87.6 cm³/mol. The molecule has 0 spiro atoms. The summed E-state index contributed by atoms with van der Waals surface area (Å²) >= 11 is 0. The maximum Gasteiger partial charge on any atom is 0.254 e. The molecule has 8 heteroatoms. The van der Waals surface area contributed by atoms with E-state index in [-0.39, 0.29) is 17.9 Å². The highest BCUT2D eigenvalue weighted by atomic mass is 32.2. The average molecular weight is 351 g/mol. The molecule has 3 heterocycles. The first-order valence-electron chi connectivity index (χ1n) is 8.10. The molecule has 0 radical (unpaired) electrons. The van der Waals surface area contributed by atoms with Gasteiger partial charge in [0.25, 0.3) is 5.91 Å². The van der Waals surface area contributed by atoms with Crippen LogP contribution < -0.4 is 0 Å². The molecular weight excluding hydrogens is 330 g/mol. The van der Waals surface area contributed by atoms with E-state index in [4.69, 9.17) is 0 Å². The Kier molecular flexibility index (Phi) is 4.33. The molecule has 0 N–H and O–H groups in total. The summed E-state index contributed by atoms with van der Waals surface area (Å²) in [6.45, 7) is 2.41. The van der Waals surface area contributed by atoms with Gasteiger partial charge in [-0.15, -0.1) is 0 Å². The Morgan fingerprint density at radius 1 is 1.33 bits per heavy atom. The Morgan fingerprint density at radius 2 is 2.00 bits per heavy atom. The third-order valence-corrected chi connectivity index (χ3v) is 5.98. The van der Waals surface area contributed by atoms with Crippen LogP contribution in [0.25, 0.3) is 0 Å². The minimum atomic E-state index is -3.64. The highest BCUT2D eigenvalue weighted by molar-refractivity contribution is 7.88. The van der Waals surface area contributed by atoms with Crippen molar-refractivity contribution in [3.05, 3.63) is 30.1 Å². The number of hydrogen-bond donors (Lipinski definition) is 0. The number of pyridine rings is 1. The number of amides is 2. The fourth-order valence-electron chi connectivity index (χ4n) is 3.93. The number of hydrogen-bond acceptors (Lipinski definition) is 5. The van der Waals surface area contributed by atoms with Gasteiger partial charge in [-0.1, -0.05) is 13.3 Å². The van der Waals surface area contributed by atoms with Crippen LogP contribution in [-0.4, -0.2) is 59.3 Å². The third-order valence-electron chi connectivity index (χ3n) is 4.81. The highest BCUT2D eigenvalue weighted by Gasteiger charge is 2.57. The van der Waals surface area contributed by atoms with Gasteiger partial charge >= 0.3 is 0 Å². The fraction of sp³-hybridized carbons (Fsp3) is 0.562. The van der Waals surface area contributed by atoms with E-state index in [0.717, 1.165) is 17.0 Å². The zero-order valence-electron chi connectivity index (χ0n) is 13.8. The van der Waals surface area contributed by atoms with Gasteiger partial charge in [0.15, 0.2) is 0 Å². The van der Waals surface area contributed by atoms with Gasteiger partial charge in [0.1, 0.15) is 0 Å². The largest absolute Gasteiger partial charge is 0.333 e. The first kappa shape index (κ1) is 16.9. The van der Waals surface area contributed by atoms with E-state index in [1.165, 1.54) is 0 Å². The second kappa shape index (κ2) is 6.16. The van der Waals surface area contributed by atoms with Crippen molar-refractivity contribution in [2.45, 2.75) is 38.3 Å². The number of fused-ring (bicyclic) bond motifs is 1. The molecule has 0 unspecified atom stereocenters. The summed E-state index contributed by atoms with van der Waals surface area (Å²) in [4.78, 5) is 31.1. The molecule has 0 aromatic carbocycles. The summed E-state index contributed by atoms with van der Waals surface area (Å²) in [6, 6.07) is 2.44. The van der Waals surface area contributed by atoms with E-state index < -0.39 is 22.0 Å². The van der Waals surface area contributed by atoms with Crippen molar-refractivity contribution in [2.24, 2.45) is 5.92 Å². The lowest BCUT2D eigenvalue weighted by atomic mass is 9.94. The Labute approximate surface area is 141 Å². The Bertz CT molecular complexity index is 750. The summed E-state index contributed by atoms with van der Waals surface area (Å²) in [5.74, 6) is -1.00. The molecule has 2 aliphatic rings. The molecule has 130 valence electrons. The van der Waals surface area contributed by atoms with Gasteiger partial charge in [-0.05, 0) is 25.0 Å². The maximum absolute atomic E-state index is 12.8. The Balaban J connectivity index is 1.96. The van der Waals surface area contributed by atoms with E-state index in [0.29, 0.717) is 24.9 Å². The van der Waals surface area contributed by atoms with Crippen molar-refractivity contribution in [1.29, 1.82) is 0 Å². The minimum absolute atomic E-state index is 0.172. The third kappa shape index (κ3) is 2.68. The van der Waals surface area contributed by atoms with Gasteiger partial charge in [0.2, 0.25) is 15.9 Å². The van der Waals surface area contributed by atoms with Crippen molar-refractivity contribution in [3.63, 3.8) is 0 Å². The number of rotatable bonds is 4. The molecule has 2 saturated heterocycles. The van der Waals surface area contributed by atoms with Crippen molar-refractivity contribution >= 4 is 21.8 Å². The van der Waals surface area contributed by atoms with Gasteiger partial charge in [0, 0.05) is 24.5 Å². The number of likely N-dealkylation sites (tertiary alicyclic amines) is 1. The first-order valence-corrected chi connectivity index (χ1v) is 9.95. The summed E-state index contributed by atoms with van der Waals surface area (Å²) in [6.07, 6.45) is 5.98. The zero-order valence-corrected chi connectivity index (χ0v) is 14.6. The highest BCUT2D eigenvalue weighted by Crippen LogP contribution is 2.40. The van der Waals surface area contributed by atoms with Gasteiger partial charge in [-0.25, -0.2) is 12.7 Å². The molecule has 24 heavy (non-hydrogen) atoms. The first-order chi connectivity index (χ1) is 11.4. The molecule has 7 nitrogen and oxygen atoms in total. The number of nitrogens with zero attached hydrogens (tertiary/aromatic N) is 3. The van der Waals surface area contributed by atoms with Crippen LogP contribution in [0.4, 0.5) is 0 Å². The van der Waals surface area contributed by atoms with E-state index in [1.54, 1.807) is 29.4 Å². The van der Waals surface area contributed by atoms with Gasteiger partial charge in [-0.2, -0.15) is 0 Å². The van der Waals surface area contributed by atoms with Crippen molar-refractivity contribution in [2.75, 3.05) is 12.8 Å². The number of carbonyl (C=O) groups excluding carboxylic acids is 2. The standard InChI is InChI=1S/C16H21N3O4S/c1-3-4-12-14-13(19(16(12)21)24(2,22)23)7-10-18(14)15(20)11-5-8-17-9-6-11/h5-6,8-9,12-14H,3-4,7,10H2,1-2H3/t12-,13+,14-/m1/s1. The minimum Gasteiger partial charge on any atom is -0.333 e. The second-order valence-electron chi connectivity index (χ2n) is 6.37. The van der Waals surface area contributed by atoms with E-state index >= 15 is 0 Å². The normalized spacial score (nSPS) is 26.8. The molecule has 0 saturated carbocycles. The molecule has 0 bridgehead atoms. The van der Waals surface area contributed by atoms with E-state index in [9.17, 15) is 18.0 Å². The molecule has 2 fully saturated rings. The van der Waals surface area contributed by atoms with Crippen LogP contribution in [0.3, 0.4) is 0 Å². The molecule has 2 aliphatic heterocycles. The quantitative estimate of drug-likeness (QED) is 0.804. The molecule has 3 atom stereocenters. The summed E-state index contributed by atoms with van der Waals surface area (Å²) in [7, 11) is -3.64. The topological polar surface area (TPSA) is 87.7 Å². The van der Waals surface area contributed by atoms with Crippen LogP contribution in [0.1, 0.15) is 36.5 Å². The zero-order chi connectivity index (χ0) is 17.5. The van der Waals surface area contributed by atoms with Crippen LogP contribution in [0.2, 0.25) is 0 Å². The molecule has 2 amide bonds. The van der Waals surface area contributed by atoms with Crippen LogP contribution in [-0.2, 0) is 14.8 Å². The van der Waals surface area contributed by atoms with Crippen LogP contribution >= 0.6 is 0 Å². The molecule has 1 aromatic heterocycles. The summed E-state index contributed by atoms with van der Waals surface area (Å²) in [5, 5.41) is 0. The monoisotopic (exact) mass is 351 g/mol. The van der Waals surface area contributed by atoms with Crippen molar-refractivity contribution < 1.29 is 18.0 Å². The van der Waals surface area contributed by atoms with Crippen molar-refractivity contribution in [1.82, 2.24) is 14.2 Å². The fourth-order valence-corrected chi connectivity index (χ4v) is 5.11. The van der Waals surface area contributed by atoms with Crippen molar-refractivity contribution in [3.8, 4) is 0 Å². The average Bonchev–Trinajstić information content (AvgIpc) is 3.06. The van der Waals surface area contributed by atoms with Crippen LogP contribution in [0.5, 0.6) is 0 Å². The van der Waals surface area contributed by atoms with Gasteiger partial charge in [-0.3, -0.25) is 14.6 Å². The number of aromatic nitrogens is 1. The molecular formula is C16H21N3O4S. The van der Waals surface area contributed by atoms with E-state index in [2.05, 4.69) is 4.98 Å². The molecule has 3 rings (SSSR count). The lowest BCUT2D eigenvalue weighted by Crippen LogP contribution is -2.43. The Morgan fingerprint density at radius 3 is 2.58 bits per heavy atom. The summed E-state index contributed by atoms with van der Waals surface area (Å²) in [5.41, 5.74) is 0.506. The predicted octanol–water partition coefficient (Wildman–Crippen LogP) is 0.883. The lowest BCUT2D eigenvalue weighted by Gasteiger charge is -2.27.